The van der Waals surface area contributed by atoms with Crippen LogP contribution in [0.1, 0.15) is 23.7 Å². The molecule has 35 heteroatoms. The van der Waals surface area contributed by atoms with Crippen molar-refractivity contribution >= 4 is 35.0 Å². The van der Waals surface area contributed by atoms with Crippen molar-refractivity contribution in [3.8, 4) is 63.1 Å². The van der Waals surface area contributed by atoms with Crippen LogP contribution in [-0.2, 0) is 52.3 Å². The van der Waals surface area contributed by atoms with Crippen LogP contribution < -0.4 is 19.6 Å². The summed E-state index contributed by atoms with van der Waals surface area (Å²) in [5, 5.41) is 200. The first kappa shape index (κ1) is 66.5. The number of fused-ring (bicyclic) bond motifs is 2. The Bertz CT molecular complexity index is 3610. The van der Waals surface area contributed by atoms with Crippen LogP contribution in [0.2, 0.25) is 0 Å². The van der Waals surface area contributed by atoms with Crippen LogP contribution in [0.5, 0.6) is 51.7 Å². The van der Waals surface area contributed by atoms with Gasteiger partial charge in [-0.3, -0.25) is 14.4 Å². The number of carboxylic acid groups (broad SMARTS) is 1. The molecule has 1 aromatic heterocycles. The van der Waals surface area contributed by atoms with Crippen molar-refractivity contribution in [3.63, 3.8) is 0 Å². The molecule has 5 aliphatic heterocycles. The van der Waals surface area contributed by atoms with Gasteiger partial charge in [0, 0.05) is 35.4 Å². The molecule has 498 valence electrons. The minimum atomic E-state index is -2.41. The first-order valence-corrected chi connectivity index (χ1v) is 27.6. The molecule has 0 spiro atoms. The Kier molecular flexibility index (Phi) is 19.5. The molecular formula is C57H60O35. The lowest BCUT2D eigenvalue weighted by atomic mass is 9.97. The van der Waals surface area contributed by atoms with E-state index in [0.717, 1.165) is 42.5 Å². The van der Waals surface area contributed by atoms with E-state index in [-0.39, 0.29) is 33.9 Å². The van der Waals surface area contributed by atoms with E-state index < -0.39 is 235 Å². The van der Waals surface area contributed by atoms with Crippen molar-refractivity contribution < 1.29 is 168 Å². The van der Waals surface area contributed by atoms with Crippen LogP contribution in [0.4, 0.5) is 0 Å². The van der Waals surface area contributed by atoms with E-state index in [0.29, 0.717) is 6.07 Å². The maximum absolute atomic E-state index is 14.7. The summed E-state index contributed by atoms with van der Waals surface area (Å²) in [7, 11) is 0. The summed E-state index contributed by atoms with van der Waals surface area (Å²) in [6.07, 6.45) is -42.7. The van der Waals surface area contributed by atoms with Crippen LogP contribution in [0.25, 0.3) is 28.4 Å². The van der Waals surface area contributed by atoms with E-state index in [1.807, 2.05) is 0 Å². The third-order valence-corrected chi connectivity index (χ3v) is 15.4. The summed E-state index contributed by atoms with van der Waals surface area (Å²) < 4.78 is 68.1. The van der Waals surface area contributed by atoms with E-state index in [2.05, 4.69) is 0 Å². The first-order valence-electron chi connectivity index (χ1n) is 27.6. The number of phenolic OH excluding ortho intramolecular Hbond substituents is 6. The topological polar surface area (TPSA) is 567 Å². The normalized spacial score (nSPS) is 32.9. The number of ether oxygens (including phenoxy) is 11. The number of aliphatic hydroxyl groups excluding tert-OH is 12. The summed E-state index contributed by atoms with van der Waals surface area (Å²) in [4.78, 5) is 53.6. The lowest BCUT2D eigenvalue weighted by molar-refractivity contribution is -0.358. The zero-order chi connectivity index (χ0) is 66.5. The molecule has 0 amide bonds. The number of carboxylic acids is 1. The summed E-state index contributed by atoms with van der Waals surface area (Å²) >= 11 is 0. The van der Waals surface area contributed by atoms with Crippen molar-refractivity contribution in [1.82, 2.24) is 0 Å². The van der Waals surface area contributed by atoms with Crippen molar-refractivity contribution in [2.24, 2.45) is 0 Å². The molecule has 4 saturated heterocycles. The molecule has 0 bridgehead atoms. The number of aliphatic carboxylic acids is 1. The number of carbonyl (C=O) groups excluding carboxylic acids is 2. The fraction of sp³-hybridized carbons (Fsp3) is 0.439. The Hall–Kier alpha value is -8.44. The molecule has 4 aromatic carbocycles. The Labute approximate surface area is 513 Å². The van der Waals surface area contributed by atoms with Gasteiger partial charge >= 0.3 is 17.9 Å². The highest BCUT2D eigenvalue weighted by Crippen LogP contribution is 2.46. The quantitative estimate of drug-likeness (QED) is 0.0223. The van der Waals surface area contributed by atoms with Gasteiger partial charge < -0.3 is 154 Å². The van der Waals surface area contributed by atoms with Gasteiger partial charge in [-0.15, -0.1) is 0 Å². The SMILES string of the molecule is O=C(CC(=O)O[C@H]1[C@H](Oc2cc(O)c3c(=O)c(O[C@@H]4O[C@H](CO)[C@@H](O)[C@H](O)[C@H]4O[C@@H]4O[C@H](CO)[C@@H](O)[C@H](O)[C@H]4O)c(-c4ccc(O)cc4)oc3c2)O[C@H](C(=O)O)[C@@H](O)[C@@H]1O)OC[C@H]1O[C@@H](OC2=Cc3c(O)cc(O)cc3OC2c2ccc(O)c(O)c2)[C@H](O)[C@@H](O)[C@@H]1O. The summed E-state index contributed by atoms with van der Waals surface area (Å²) in [5.74, 6) is -10.8. The molecular weight excluding hydrogens is 1240 g/mol. The third-order valence-electron chi connectivity index (χ3n) is 15.4. The monoisotopic (exact) mass is 1300 g/mol. The predicted molar refractivity (Wildman–Crippen MR) is 291 cm³/mol. The van der Waals surface area contributed by atoms with Gasteiger partial charge in [0.15, 0.2) is 48.0 Å². The second-order valence-corrected chi connectivity index (χ2v) is 21.6. The zero-order valence-corrected chi connectivity index (χ0v) is 46.9. The Morgan fingerprint density at radius 1 is 0.533 bits per heavy atom. The van der Waals surface area contributed by atoms with Gasteiger partial charge in [-0.05, 0) is 42.5 Å². The van der Waals surface area contributed by atoms with Gasteiger partial charge in [0.05, 0.1) is 18.8 Å². The molecule has 1 unspecified atom stereocenters. The maximum Gasteiger partial charge on any atom is 0.335 e. The standard InChI is InChI=1S/C57H60O35/c58-14-30-36(68)40(72)46(78)55(86-30)92-52-42(74)37(69)31(15-59)87-57(52)90-49-39(71)35-26(65)10-21(11-28(35)84-48(49)17-1-4-19(60)5-2-17)82-56-51(44(76)43(75)50(91-56)53(79)80)89-34(67)13-33(66)81-16-32-38(70)41(73)45(77)54(88-32)85-29-12-22-24(63)8-20(61)9-27(22)83-47(29)18-3-6-23(62)25(64)7-18/h1-12,30-32,36-38,40-47,50-52,54-65,68-70,72-78H,13-16H2,(H,79,80)/t30-,31-,32-,36-,37-,38-,40+,41+,42+,43+,44+,45-,46-,47?,50+,51-,52-,54-,55+,56-,57+/m1/s1. The Balaban J connectivity index is 0.870. The van der Waals surface area contributed by atoms with Gasteiger partial charge in [0.1, 0.15) is 144 Å². The van der Waals surface area contributed by atoms with Crippen LogP contribution in [0, 0.1) is 0 Å². The fourth-order valence-corrected chi connectivity index (χ4v) is 10.5. The van der Waals surface area contributed by atoms with Crippen LogP contribution in [0.3, 0.4) is 0 Å². The molecule has 92 heavy (non-hydrogen) atoms. The van der Waals surface area contributed by atoms with Gasteiger partial charge in [0.25, 0.3) is 0 Å². The van der Waals surface area contributed by atoms with E-state index in [1.54, 1.807) is 0 Å². The smallest absolute Gasteiger partial charge is 0.335 e. The molecule has 5 aromatic rings. The summed E-state index contributed by atoms with van der Waals surface area (Å²) in [5.41, 5.74) is -1.93. The molecule has 19 N–H and O–H groups in total. The lowest BCUT2D eigenvalue weighted by Gasteiger charge is -2.45. The van der Waals surface area contributed by atoms with Gasteiger partial charge in [0.2, 0.25) is 30.0 Å². The number of benzene rings is 4. The second-order valence-electron chi connectivity index (χ2n) is 21.6. The average Bonchev–Trinajstić information content (AvgIpc) is 0.901. The molecule has 0 aliphatic carbocycles. The molecule has 0 saturated carbocycles. The third kappa shape index (κ3) is 13.3. The highest BCUT2D eigenvalue weighted by molar-refractivity contribution is 5.91. The predicted octanol–water partition coefficient (Wildman–Crippen LogP) is -4.55. The second kappa shape index (κ2) is 27.0. The number of esters is 2. The Morgan fingerprint density at radius 3 is 1.82 bits per heavy atom. The minimum Gasteiger partial charge on any atom is -0.508 e. The van der Waals surface area contributed by atoms with Crippen molar-refractivity contribution in [3.05, 3.63) is 93.8 Å². The Morgan fingerprint density at radius 2 is 1.15 bits per heavy atom. The fourth-order valence-electron chi connectivity index (χ4n) is 10.5. The van der Waals surface area contributed by atoms with E-state index >= 15 is 0 Å². The van der Waals surface area contributed by atoms with Crippen molar-refractivity contribution in [1.29, 1.82) is 0 Å². The van der Waals surface area contributed by atoms with Crippen LogP contribution >= 0.6 is 0 Å². The molecule has 21 atom stereocenters. The van der Waals surface area contributed by atoms with Gasteiger partial charge in [-0.25, -0.2) is 4.79 Å². The number of aromatic hydroxyl groups is 6. The van der Waals surface area contributed by atoms with Crippen molar-refractivity contribution in [2.45, 2.75) is 135 Å². The molecule has 35 nitrogen and oxygen atoms in total. The number of rotatable bonds is 18. The number of phenols is 6. The number of carbonyl (C=O) groups is 3. The number of aliphatic hydroxyl groups is 12. The van der Waals surface area contributed by atoms with E-state index in [1.165, 1.54) is 24.3 Å². The van der Waals surface area contributed by atoms with E-state index in [4.69, 9.17) is 56.5 Å². The van der Waals surface area contributed by atoms with Gasteiger partial charge in [-0.1, -0.05) is 6.07 Å². The average molecular weight is 1310 g/mol. The molecule has 10 rings (SSSR count). The highest BCUT2D eigenvalue weighted by atomic mass is 16.8. The van der Waals surface area contributed by atoms with Crippen LogP contribution in [-0.4, -0.2) is 258 Å². The van der Waals surface area contributed by atoms with Crippen molar-refractivity contribution in [2.75, 3.05) is 19.8 Å². The minimum absolute atomic E-state index is 0.0595. The first-order chi connectivity index (χ1) is 43.7. The largest absolute Gasteiger partial charge is 0.508 e. The number of hydrogen-bond donors (Lipinski definition) is 19. The highest BCUT2D eigenvalue weighted by Gasteiger charge is 2.54. The molecule has 4 fully saturated rings. The zero-order valence-electron chi connectivity index (χ0n) is 46.9. The maximum atomic E-state index is 14.7. The number of hydrogen-bond acceptors (Lipinski definition) is 34. The van der Waals surface area contributed by atoms with Gasteiger partial charge in [-0.2, -0.15) is 0 Å². The summed E-state index contributed by atoms with van der Waals surface area (Å²) in [6.45, 7) is -2.91. The van der Waals surface area contributed by atoms with Crippen LogP contribution in [0.15, 0.2) is 81.7 Å². The van der Waals surface area contributed by atoms with E-state index in [9.17, 15) is 116 Å². The molecule has 0 radical (unpaired) electrons. The molecule has 5 aliphatic rings. The summed E-state index contributed by atoms with van der Waals surface area (Å²) in [6, 6.07) is 11.8. The lowest BCUT2D eigenvalue weighted by Crippen LogP contribution is -2.65. The molecule has 6 heterocycles.